The van der Waals surface area contributed by atoms with Crippen LogP contribution in [0.2, 0.25) is 0 Å². The Balaban J connectivity index is 0.000000306. The third-order valence-electron chi connectivity index (χ3n) is 9.92. The Labute approximate surface area is 297 Å². The highest BCUT2D eigenvalue weighted by molar-refractivity contribution is 5.84. The number of piperazine rings is 2. The zero-order valence-electron chi connectivity index (χ0n) is 30.6. The highest BCUT2D eigenvalue weighted by Crippen LogP contribution is 2.32. The van der Waals surface area contributed by atoms with Crippen LogP contribution < -0.4 is 11.1 Å². The van der Waals surface area contributed by atoms with Crippen LogP contribution in [-0.2, 0) is 0 Å². The van der Waals surface area contributed by atoms with Crippen LogP contribution in [0, 0.1) is 6.92 Å². The summed E-state index contributed by atoms with van der Waals surface area (Å²) in [6.45, 7) is 24.2. The number of aryl methyl sites for hydroxylation is 1. The maximum absolute atomic E-state index is 5.50. The molecule has 2 aliphatic rings. The van der Waals surface area contributed by atoms with Gasteiger partial charge in [0.25, 0.3) is 0 Å². The van der Waals surface area contributed by atoms with E-state index in [4.69, 9.17) is 20.7 Å². The second kappa shape index (κ2) is 16.8. The lowest BCUT2D eigenvalue weighted by molar-refractivity contribution is 0.111. The normalized spacial score (nSPS) is 16.7. The maximum atomic E-state index is 5.50. The second-order valence-electron chi connectivity index (χ2n) is 14.0. The molecule has 0 unspecified atom stereocenters. The zero-order chi connectivity index (χ0) is 35.0. The Bertz CT molecular complexity index is 1820. The van der Waals surface area contributed by atoms with Gasteiger partial charge in [0.15, 0.2) is 0 Å². The molecule has 0 bridgehead atoms. The molecule has 0 aromatic carbocycles. The van der Waals surface area contributed by atoms with Crippen LogP contribution in [0.25, 0.3) is 39.5 Å². The molecule has 2 aliphatic heterocycles. The van der Waals surface area contributed by atoms with E-state index in [-0.39, 0.29) is 0 Å². The fourth-order valence-corrected chi connectivity index (χ4v) is 6.88. The van der Waals surface area contributed by atoms with Crippen molar-refractivity contribution in [3.05, 3.63) is 72.7 Å². The minimum absolute atomic E-state index is 0.626. The Kier molecular flexibility index (Phi) is 12.0. The predicted molar refractivity (Wildman–Crippen MR) is 206 cm³/mol. The first kappa shape index (κ1) is 35.8. The van der Waals surface area contributed by atoms with Gasteiger partial charge >= 0.3 is 0 Å². The molecule has 3 N–H and O–H groups in total. The van der Waals surface area contributed by atoms with E-state index in [9.17, 15) is 0 Å². The molecule has 0 spiro atoms. The fraction of sp³-hybridized carbons (Fsp3) is 0.487. The van der Waals surface area contributed by atoms with Gasteiger partial charge in [0, 0.05) is 103 Å². The molecule has 5 aromatic heterocycles. The summed E-state index contributed by atoms with van der Waals surface area (Å²) in [7, 11) is 0. The van der Waals surface area contributed by atoms with Gasteiger partial charge in [-0.05, 0) is 77.1 Å². The second-order valence-corrected chi connectivity index (χ2v) is 14.0. The number of pyridine rings is 4. The lowest BCUT2D eigenvalue weighted by Gasteiger charge is -2.36. The summed E-state index contributed by atoms with van der Waals surface area (Å²) in [6.07, 6.45) is 3.93. The molecule has 2 saturated heterocycles. The summed E-state index contributed by atoms with van der Waals surface area (Å²) in [6, 6.07) is 19.5. The van der Waals surface area contributed by atoms with E-state index in [0.717, 1.165) is 103 Å². The smallest absolute Gasteiger partial charge is 0.138 e. The van der Waals surface area contributed by atoms with Gasteiger partial charge in [0.1, 0.15) is 17.0 Å². The Morgan fingerprint density at radius 3 is 2.08 bits per heavy atom. The van der Waals surface area contributed by atoms with Crippen LogP contribution in [-0.4, -0.2) is 135 Å². The number of hydrogen-bond acceptors (Lipinski definition) is 10. The van der Waals surface area contributed by atoms with Crippen molar-refractivity contribution in [3.63, 3.8) is 0 Å². The Morgan fingerprint density at radius 2 is 1.42 bits per heavy atom. The first-order valence-electron chi connectivity index (χ1n) is 18.3. The van der Waals surface area contributed by atoms with E-state index in [0.29, 0.717) is 12.1 Å². The topological polar surface area (TPSA) is 107 Å². The van der Waals surface area contributed by atoms with Crippen molar-refractivity contribution in [1.29, 1.82) is 0 Å². The highest BCUT2D eigenvalue weighted by Gasteiger charge is 2.20. The minimum atomic E-state index is 0.626. The predicted octanol–water partition coefficient (Wildman–Crippen LogP) is 4.72. The largest absolute Gasteiger partial charge is 0.382 e. The van der Waals surface area contributed by atoms with Gasteiger partial charge in [-0.3, -0.25) is 34.0 Å². The van der Waals surface area contributed by atoms with Crippen molar-refractivity contribution in [2.24, 2.45) is 5.73 Å². The summed E-state index contributed by atoms with van der Waals surface area (Å²) in [5, 5.41) is 3.56. The fourth-order valence-electron chi connectivity index (χ4n) is 6.88. The van der Waals surface area contributed by atoms with Crippen LogP contribution in [0.1, 0.15) is 33.4 Å². The number of imidazole rings is 1. The van der Waals surface area contributed by atoms with Gasteiger partial charge in [-0.1, -0.05) is 12.1 Å². The van der Waals surface area contributed by atoms with Crippen molar-refractivity contribution in [1.82, 2.24) is 43.9 Å². The lowest BCUT2D eigenvalue weighted by atomic mass is 10.1. The molecule has 0 saturated carbocycles. The minimum Gasteiger partial charge on any atom is -0.382 e. The third kappa shape index (κ3) is 8.83. The van der Waals surface area contributed by atoms with Gasteiger partial charge in [0.05, 0.1) is 34.3 Å². The van der Waals surface area contributed by atoms with Crippen LogP contribution >= 0.6 is 0 Å². The molecule has 7 heterocycles. The first-order valence-corrected chi connectivity index (χ1v) is 18.3. The molecule has 0 radical (unpaired) electrons. The number of anilines is 1. The van der Waals surface area contributed by atoms with Crippen molar-refractivity contribution < 1.29 is 0 Å². The zero-order valence-corrected chi connectivity index (χ0v) is 30.6. The molecule has 5 aromatic rings. The molecule has 266 valence electrons. The molecular formula is C39H55N11. The molecule has 11 heteroatoms. The Morgan fingerprint density at radius 1 is 0.720 bits per heavy atom. The van der Waals surface area contributed by atoms with Gasteiger partial charge in [-0.15, -0.1) is 0 Å². The van der Waals surface area contributed by atoms with E-state index in [2.05, 4.69) is 68.1 Å². The molecule has 7 rings (SSSR count). The summed E-state index contributed by atoms with van der Waals surface area (Å²) in [5.41, 5.74) is 13.5. The van der Waals surface area contributed by atoms with Crippen LogP contribution in [0.15, 0.2) is 67.0 Å². The van der Waals surface area contributed by atoms with E-state index in [1.165, 1.54) is 26.2 Å². The molecule has 0 amide bonds. The molecule has 11 nitrogen and oxygen atoms in total. The van der Waals surface area contributed by atoms with Gasteiger partial charge in [-0.25, -0.2) is 9.97 Å². The lowest BCUT2D eigenvalue weighted by Crippen LogP contribution is -2.49. The third-order valence-corrected chi connectivity index (χ3v) is 9.92. The molecule has 0 aliphatic carbocycles. The van der Waals surface area contributed by atoms with E-state index >= 15 is 0 Å². The molecule has 0 atom stereocenters. The highest BCUT2D eigenvalue weighted by atomic mass is 15.3. The van der Waals surface area contributed by atoms with Crippen LogP contribution in [0.5, 0.6) is 0 Å². The van der Waals surface area contributed by atoms with Gasteiger partial charge in [-0.2, -0.15) is 0 Å². The summed E-state index contributed by atoms with van der Waals surface area (Å²) >= 11 is 0. The monoisotopic (exact) mass is 677 g/mol. The maximum Gasteiger partial charge on any atom is 0.138 e. The number of nitrogens with two attached hydrogens (primary N) is 1. The number of nitrogens with one attached hydrogen (secondary N) is 1. The van der Waals surface area contributed by atoms with Crippen molar-refractivity contribution in [2.45, 2.75) is 46.7 Å². The molecule has 50 heavy (non-hydrogen) atoms. The number of hydrogen-bond donors (Lipinski definition) is 2. The van der Waals surface area contributed by atoms with E-state index in [1.807, 2.05) is 67.8 Å². The van der Waals surface area contributed by atoms with Gasteiger partial charge in [0.2, 0.25) is 0 Å². The van der Waals surface area contributed by atoms with Crippen molar-refractivity contribution in [3.8, 4) is 22.8 Å². The quantitative estimate of drug-likeness (QED) is 0.216. The number of aromatic nitrogens is 5. The summed E-state index contributed by atoms with van der Waals surface area (Å²) < 4.78 is 2.09. The molecule has 2 fully saturated rings. The van der Waals surface area contributed by atoms with E-state index < -0.39 is 0 Å². The average Bonchev–Trinajstić information content (AvgIpc) is 3.52. The first-order chi connectivity index (χ1) is 24.3. The van der Waals surface area contributed by atoms with Crippen molar-refractivity contribution in [2.75, 3.05) is 83.9 Å². The van der Waals surface area contributed by atoms with E-state index in [1.54, 1.807) is 0 Å². The standard InChI is InChI=1S/C30H34N8.C9H21N3/c1-21(2)37-17-15-36(16-18-37)14-12-31-23-19-27-24(32-20-23)10-11-26(34-27)30-29(25-8-6-7-22(3)33-25)35-28-9-4-5-13-38(28)30;1-9(2)12-7-5-11(4-3-10)6-8-12/h4-11,13,19-21,31H,12,14-18H2,1-3H3;9H,3-8,10H2,1-2H3. The number of nitrogens with zero attached hydrogens (tertiary/aromatic N) is 9. The average molecular weight is 678 g/mol. The summed E-state index contributed by atoms with van der Waals surface area (Å²) in [5.74, 6) is 0. The van der Waals surface area contributed by atoms with Crippen LogP contribution in [0.4, 0.5) is 5.69 Å². The Hall–Kier alpha value is -4.00. The molecular weight excluding hydrogens is 623 g/mol. The van der Waals surface area contributed by atoms with Crippen LogP contribution in [0.3, 0.4) is 0 Å². The summed E-state index contributed by atoms with van der Waals surface area (Å²) in [4.78, 5) is 29.4. The van der Waals surface area contributed by atoms with Gasteiger partial charge < -0.3 is 11.1 Å². The number of fused-ring (bicyclic) bond motifs is 2. The van der Waals surface area contributed by atoms with Crippen molar-refractivity contribution >= 4 is 22.4 Å². The SMILES string of the molecule is CC(C)N1CCN(CCN)CC1.Cc1cccc(-c2nc3ccccn3c2-c2ccc3ncc(NCCN4CCN(C(C)C)CC4)cc3n2)n1. The number of rotatable bonds is 10.